The third-order valence-corrected chi connectivity index (χ3v) is 2.55. The maximum absolute atomic E-state index is 9.38. The molecule has 0 radical (unpaired) electrons. The normalized spacial score (nSPS) is 12.5. The van der Waals surface area contributed by atoms with Gasteiger partial charge in [0.25, 0.3) is 0 Å². The van der Waals surface area contributed by atoms with E-state index in [2.05, 4.69) is 23.7 Å². The Balaban J connectivity index is 2.76. The van der Waals surface area contributed by atoms with Crippen LogP contribution in [0.25, 0.3) is 0 Å². The van der Waals surface area contributed by atoms with Gasteiger partial charge >= 0.3 is 0 Å². The van der Waals surface area contributed by atoms with Gasteiger partial charge in [-0.2, -0.15) is 0 Å². The summed E-state index contributed by atoms with van der Waals surface area (Å²) in [5.41, 5.74) is 1.88. The summed E-state index contributed by atoms with van der Waals surface area (Å²) in [7, 11) is 0. The molecule has 0 aliphatic carbocycles. The highest BCUT2D eigenvalue weighted by Crippen LogP contribution is 2.16. The van der Waals surface area contributed by atoms with E-state index in [9.17, 15) is 5.11 Å². The molecule has 16 heavy (non-hydrogen) atoms. The Bertz CT molecular complexity index is 289. The second-order valence-corrected chi connectivity index (χ2v) is 4.10. The molecule has 1 atom stereocenters. The second kappa shape index (κ2) is 6.48. The van der Waals surface area contributed by atoms with Gasteiger partial charge in [-0.15, -0.1) is 0 Å². The minimum absolute atomic E-state index is 0.486. The van der Waals surface area contributed by atoms with Crippen LogP contribution in [0.4, 0.5) is 5.69 Å². The summed E-state index contributed by atoms with van der Waals surface area (Å²) < 4.78 is 0. The van der Waals surface area contributed by atoms with Crippen molar-refractivity contribution < 1.29 is 5.11 Å². The lowest BCUT2D eigenvalue weighted by Gasteiger charge is -2.23. The average Bonchev–Trinajstić information content (AvgIpc) is 2.29. The van der Waals surface area contributed by atoms with E-state index >= 15 is 0 Å². The van der Waals surface area contributed by atoms with Crippen LogP contribution >= 0.6 is 0 Å². The van der Waals surface area contributed by atoms with Gasteiger partial charge in [-0.25, -0.2) is 0 Å². The molecule has 0 amide bonds. The van der Waals surface area contributed by atoms with Crippen LogP contribution in [0.2, 0.25) is 0 Å². The predicted octanol–water partition coefficient (Wildman–Crippen LogP) is 2.76. The summed E-state index contributed by atoms with van der Waals surface area (Å²) >= 11 is 0. The van der Waals surface area contributed by atoms with E-state index in [-0.39, 0.29) is 0 Å². The molecule has 90 valence electrons. The van der Waals surface area contributed by atoms with Crippen LogP contribution in [-0.2, 0) is 0 Å². The van der Waals surface area contributed by atoms with E-state index in [1.165, 1.54) is 0 Å². The van der Waals surface area contributed by atoms with E-state index < -0.39 is 6.10 Å². The molecule has 0 aliphatic heterocycles. The Morgan fingerprint density at radius 2 is 1.88 bits per heavy atom. The maximum Gasteiger partial charge on any atom is 0.0931 e. The number of aliphatic hydroxyl groups is 1. The van der Waals surface area contributed by atoms with Gasteiger partial charge in [-0.05, 0) is 31.9 Å². The van der Waals surface area contributed by atoms with Crippen molar-refractivity contribution in [1.29, 1.82) is 0 Å². The smallest absolute Gasteiger partial charge is 0.0931 e. The Morgan fingerprint density at radius 1 is 1.25 bits per heavy atom. The first-order valence-electron chi connectivity index (χ1n) is 6.08. The van der Waals surface area contributed by atoms with Gasteiger partial charge in [0.2, 0.25) is 0 Å². The van der Waals surface area contributed by atoms with Gasteiger partial charge in [0, 0.05) is 13.1 Å². The van der Waals surface area contributed by atoms with Crippen LogP contribution < -0.4 is 4.90 Å². The van der Waals surface area contributed by atoms with Crippen molar-refractivity contribution in [3.05, 3.63) is 24.0 Å². The molecule has 1 aromatic heterocycles. The zero-order chi connectivity index (χ0) is 12.0. The number of aromatic nitrogens is 1. The van der Waals surface area contributed by atoms with Crippen LogP contribution in [0, 0.1) is 0 Å². The molecule has 1 N–H and O–H groups in total. The molecule has 0 spiro atoms. The molecule has 3 nitrogen and oxygen atoms in total. The number of aliphatic hydroxyl groups excluding tert-OH is 1. The van der Waals surface area contributed by atoms with Crippen molar-refractivity contribution in [3.8, 4) is 0 Å². The van der Waals surface area contributed by atoms with E-state index in [1.54, 1.807) is 6.92 Å². The van der Waals surface area contributed by atoms with Crippen LogP contribution in [0.1, 0.15) is 45.4 Å². The van der Waals surface area contributed by atoms with E-state index in [0.29, 0.717) is 0 Å². The van der Waals surface area contributed by atoms with Gasteiger partial charge in [0.05, 0.1) is 23.7 Å². The first-order valence-corrected chi connectivity index (χ1v) is 6.08. The van der Waals surface area contributed by atoms with Crippen LogP contribution in [0.5, 0.6) is 0 Å². The minimum atomic E-state index is -0.486. The predicted molar refractivity (Wildman–Crippen MR) is 67.7 cm³/mol. The molecule has 0 unspecified atom stereocenters. The summed E-state index contributed by atoms with van der Waals surface area (Å²) in [5.74, 6) is 0. The molecule has 1 heterocycles. The minimum Gasteiger partial charge on any atom is -0.387 e. The lowest BCUT2D eigenvalue weighted by Crippen LogP contribution is -2.24. The SMILES string of the molecule is CCCN(CCC)c1ccc([C@@H](C)O)nc1. The number of pyridine rings is 1. The highest BCUT2D eigenvalue weighted by atomic mass is 16.3. The van der Waals surface area contributed by atoms with Gasteiger partial charge in [-0.3, -0.25) is 4.98 Å². The van der Waals surface area contributed by atoms with Crippen molar-refractivity contribution in [3.63, 3.8) is 0 Å². The first-order chi connectivity index (χ1) is 7.69. The quantitative estimate of drug-likeness (QED) is 0.804. The summed E-state index contributed by atoms with van der Waals surface area (Å²) in [6.45, 7) is 8.21. The third-order valence-electron chi connectivity index (χ3n) is 2.55. The van der Waals surface area contributed by atoms with Crippen molar-refractivity contribution in [1.82, 2.24) is 4.98 Å². The fraction of sp³-hybridized carbons (Fsp3) is 0.615. The lowest BCUT2D eigenvalue weighted by atomic mass is 10.2. The Morgan fingerprint density at radius 3 is 2.25 bits per heavy atom. The van der Waals surface area contributed by atoms with E-state index in [0.717, 1.165) is 37.3 Å². The van der Waals surface area contributed by atoms with Crippen LogP contribution in [-0.4, -0.2) is 23.2 Å². The molecule has 0 saturated carbocycles. The van der Waals surface area contributed by atoms with Crippen molar-refractivity contribution in [2.75, 3.05) is 18.0 Å². The largest absolute Gasteiger partial charge is 0.387 e. The first kappa shape index (κ1) is 13.0. The maximum atomic E-state index is 9.38. The number of nitrogens with zero attached hydrogens (tertiary/aromatic N) is 2. The summed E-state index contributed by atoms with van der Waals surface area (Å²) in [6, 6.07) is 3.94. The summed E-state index contributed by atoms with van der Waals surface area (Å²) in [6.07, 6.45) is 3.64. The highest BCUT2D eigenvalue weighted by Gasteiger charge is 2.06. The summed E-state index contributed by atoms with van der Waals surface area (Å²) in [4.78, 5) is 6.60. The molecule has 0 fully saturated rings. The highest BCUT2D eigenvalue weighted by molar-refractivity contribution is 5.44. The Labute approximate surface area is 98.1 Å². The number of rotatable bonds is 6. The van der Waals surface area contributed by atoms with E-state index in [4.69, 9.17) is 0 Å². The van der Waals surface area contributed by atoms with Crippen molar-refractivity contribution in [2.24, 2.45) is 0 Å². The molecule has 0 aliphatic rings. The molecule has 0 aromatic carbocycles. The number of anilines is 1. The molecule has 1 rings (SSSR count). The number of hydrogen-bond donors (Lipinski definition) is 1. The third kappa shape index (κ3) is 3.49. The van der Waals surface area contributed by atoms with Gasteiger partial charge in [0.1, 0.15) is 0 Å². The lowest BCUT2D eigenvalue weighted by molar-refractivity contribution is 0.194. The molecular formula is C13H22N2O. The fourth-order valence-electron chi connectivity index (χ4n) is 1.74. The van der Waals surface area contributed by atoms with Gasteiger partial charge in [-0.1, -0.05) is 13.8 Å². The zero-order valence-electron chi connectivity index (χ0n) is 10.5. The Hall–Kier alpha value is -1.09. The molecule has 0 bridgehead atoms. The average molecular weight is 222 g/mol. The standard InChI is InChI=1S/C13H22N2O/c1-4-8-15(9-5-2)12-6-7-13(11(3)16)14-10-12/h6-7,10-11,16H,4-5,8-9H2,1-3H3/t11-/m1/s1. The molecule has 1 aromatic rings. The second-order valence-electron chi connectivity index (χ2n) is 4.10. The van der Waals surface area contributed by atoms with Crippen LogP contribution in [0.3, 0.4) is 0 Å². The van der Waals surface area contributed by atoms with Crippen LogP contribution in [0.15, 0.2) is 18.3 Å². The van der Waals surface area contributed by atoms with E-state index in [1.807, 2.05) is 18.3 Å². The van der Waals surface area contributed by atoms with Gasteiger partial charge in [0.15, 0.2) is 0 Å². The molecule has 3 heteroatoms. The van der Waals surface area contributed by atoms with Gasteiger partial charge < -0.3 is 10.0 Å². The van der Waals surface area contributed by atoms with Crippen molar-refractivity contribution >= 4 is 5.69 Å². The van der Waals surface area contributed by atoms with Crippen molar-refractivity contribution in [2.45, 2.75) is 39.7 Å². The molecular weight excluding hydrogens is 200 g/mol. The summed E-state index contributed by atoms with van der Waals surface area (Å²) in [5, 5.41) is 9.38. The Kier molecular flexibility index (Phi) is 5.26. The monoisotopic (exact) mass is 222 g/mol. The molecule has 0 saturated heterocycles. The zero-order valence-corrected chi connectivity index (χ0v) is 10.5. The fourth-order valence-corrected chi connectivity index (χ4v) is 1.74. The topological polar surface area (TPSA) is 36.4 Å². The number of hydrogen-bond acceptors (Lipinski definition) is 3.